The van der Waals surface area contributed by atoms with Gasteiger partial charge < -0.3 is 14.7 Å². The van der Waals surface area contributed by atoms with Gasteiger partial charge in [-0.15, -0.1) is 0 Å². The molecule has 1 saturated heterocycles. The van der Waals surface area contributed by atoms with Gasteiger partial charge in [-0.25, -0.2) is 9.97 Å². The first-order chi connectivity index (χ1) is 14.3. The lowest BCUT2D eigenvalue weighted by Crippen LogP contribution is -2.33. The molecule has 4 rings (SSSR count). The van der Waals surface area contributed by atoms with Crippen molar-refractivity contribution in [1.29, 1.82) is 0 Å². The lowest BCUT2D eigenvalue weighted by molar-refractivity contribution is 0.0785. The number of fused-ring (bicyclic) bond motifs is 1. The van der Waals surface area contributed by atoms with Gasteiger partial charge in [-0.1, -0.05) is 23.5 Å². The Kier molecular flexibility index (Phi) is 5.73. The Labute approximate surface area is 179 Å². The highest BCUT2D eigenvalue weighted by Gasteiger charge is 2.26. The summed E-state index contributed by atoms with van der Waals surface area (Å²) in [5, 5.41) is 13.4. The number of nitrogens with zero attached hydrogens (tertiary/aromatic N) is 3. The summed E-state index contributed by atoms with van der Waals surface area (Å²) in [4.78, 5) is 24.9. The van der Waals surface area contributed by atoms with Gasteiger partial charge in [0.2, 0.25) is 0 Å². The van der Waals surface area contributed by atoms with E-state index in [0.29, 0.717) is 23.3 Å². The first kappa shape index (κ1) is 20.7. The highest BCUT2D eigenvalue weighted by molar-refractivity contribution is 7.22. The average molecular weight is 427 g/mol. The van der Waals surface area contributed by atoms with Crippen molar-refractivity contribution in [2.24, 2.45) is 0 Å². The van der Waals surface area contributed by atoms with E-state index in [1.807, 2.05) is 12.1 Å². The van der Waals surface area contributed by atoms with Gasteiger partial charge in [0.25, 0.3) is 5.91 Å². The quantitative estimate of drug-likeness (QED) is 0.624. The van der Waals surface area contributed by atoms with E-state index < -0.39 is 5.60 Å². The highest BCUT2D eigenvalue weighted by atomic mass is 32.1. The van der Waals surface area contributed by atoms with Crippen LogP contribution in [0.5, 0.6) is 0 Å². The van der Waals surface area contributed by atoms with Crippen LogP contribution in [0.15, 0.2) is 36.4 Å². The molecule has 1 atom stereocenters. The van der Waals surface area contributed by atoms with E-state index in [-0.39, 0.29) is 5.91 Å². The standard InChI is InChI=1S/C22H26N4O3S/c1-22(2,28)15-8-6-14(7-9-15)19(27)25-21-23-17-10-11-18(24-20(17)30-21)26-12-4-5-16(26)13-29-3/h6-11,16,28H,4-5,12-13H2,1-3H3,(H,23,25,27)/t16-/m1/s1. The predicted octanol–water partition coefficient (Wildman–Crippen LogP) is 3.79. The van der Waals surface area contributed by atoms with E-state index in [0.717, 1.165) is 41.1 Å². The fraction of sp³-hybridized carbons (Fsp3) is 0.409. The number of aromatic nitrogens is 2. The summed E-state index contributed by atoms with van der Waals surface area (Å²) >= 11 is 1.36. The van der Waals surface area contributed by atoms with Gasteiger partial charge in [0.15, 0.2) is 5.13 Å². The van der Waals surface area contributed by atoms with E-state index >= 15 is 0 Å². The van der Waals surface area contributed by atoms with Crippen molar-refractivity contribution in [3.63, 3.8) is 0 Å². The van der Waals surface area contributed by atoms with Crippen LogP contribution in [-0.4, -0.2) is 47.3 Å². The number of carbonyl (C=O) groups excluding carboxylic acids is 1. The molecule has 0 unspecified atom stereocenters. The molecular weight excluding hydrogens is 400 g/mol. The maximum absolute atomic E-state index is 12.6. The lowest BCUT2D eigenvalue weighted by Gasteiger charge is -2.24. The summed E-state index contributed by atoms with van der Waals surface area (Å²) in [7, 11) is 1.73. The average Bonchev–Trinajstić information content (AvgIpc) is 3.33. The molecule has 0 saturated carbocycles. The Morgan fingerprint density at radius 1 is 1.27 bits per heavy atom. The number of methoxy groups -OCH3 is 1. The normalized spacial score (nSPS) is 16.9. The smallest absolute Gasteiger partial charge is 0.257 e. The number of amides is 1. The van der Waals surface area contributed by atoms with E-state index in [9.17, 15) is 9.90 Å². The number of nitrogens with one attached hydrogen (secondary N) is 1. The van der Waals surface area contributed by atoms with E-state index in [2.05, 4.69) is 15.2 Å². The molecule has 7 nitrogen and oxygen atoms in total. The van der Waals surface area contributed by atoms with Crippen LogP contribution in [0.2, 0.25) is 0 Å². The second-order valence-electron chi connectivity index (χ2n) is 8.05. The molecule has 30 heavy (non-hydrogen) atoms. The highest BCUT2D eigenvalue weighted by Crippen LogP contribution is 2.30. The van der Waals surface area contributed by atoms with Crippen LogP contribution in [0, 0.1) is 0 Å². The third-order valence-electron chi connectivity index (χ3n) is 5.35. The number of ether oxygens (including phenoxy) is 1. The minimum atomic E-state index is -0.941. The fourth-order valence-electron chi connectivity index (χ4n) is 3.72. The Morgan fingerprint density at radius 3 is 2.73 bits per heavy atom. The van der Waals surface area contributed by atoms with Crippen LogP contribution in [-0.2, 0) is 10.3 Å². The SMILES string of the molecule is COC[C@H]1CCCN1c1ccc2nc(NC(=O)c3ccc(C(C)(C)O)cc3)sc2n1. The molecule has 0 bridgehead atoms. The first-order valence-electron chi connectivity index (χ1n) is 10.0. The van der Waals surface area contributed by atoms with Crippen molar-refractivity contribution in [2.75, 3.05) is 30.5 Å². The summed E-state index contributed by atoms with van der Waals surface area (Å²) in [6, 6.07) is 11.2. The molecule has 1 aliphatic heterocycles. The van der Waals surface area contributed by atoms with Gasteiger partial charge in [0, 0.05) is 19.2 Å². The van der Waals surface area contributed by atoms with Crippen molar-refractivity contribution in [2.45, 2.75) is 38.3 Å². The molecular formula is C22H26N4O3S. The summed E-state index contributed by atoms with van der Waals surface area (Å²) < 4.78 is 5.34. The molecule has 2 N–H and O–H groups in total. The zero-order valence-electron chi connectivity index (χ0n) is 17.4. The number of aliphatic hydroxyl groups is 1. The Morgan fingerprint density at radius 2 is 2.03 bits per heavy atom. The van der Waals surface area contributed by atoms with E-state index in [1.54, 1.807) is 45.2 Å². The number of hydrogen-bond donors (Lipinski definition) is 2. The first-order valence-corrected chi connectivity index (χ1v) is 10.8. The second-order valence-corrected chi connectivity index (χ2v) is 9.03. The number of thiazole rings is 1. The molecule has 0 spiro atoms. The van der Waals surface area contributed by atoms with Crippen LogP contribution >= 0.6 is 11.3 Å². The number of rotatable bonds is 6. The van der Waals surface area contributed by atoms with Gasteiger partial charge in [0.1, 0.15) is 16.2 Å². The summed E-state index contributed by atoms with van der Waals surface area (Å²) in [5.41, 5.74) is 1.09. The molecule has 1 fully saturated rings. The minimum Gasteiger partial charge on any atom is -0.386 e. The Bertz CT molecular complexity index is 1040. The lowest BCUT2D eigenvalue weighted by atomic mass is 9.97. The number of carbonyl (C=O) groups is 1. The van der Waals surface area contributed by atoms with Crippen molar-refractivity contribution in [3.05, 3.63) is 47.5 Å². The molecule has 3 heterocycles. The van der Waals surface area contributed by atoms with Gasteiger partial charge in [-0.05, 0) is 56.5 Å². The maximum atomic E-state index is 12.6. The van der Waals surface area contributed by atoms with E-state index in [4.69, 9.17) is 9.72 Å². The number of benzene rings is 1. The molecule has 0 radical (unpaired) electrons. The molecule has 1 amide bonds. The van der Waals surface area contributed by atoms with Crippen LogP contribution in [0.25, 0.3) is 10.3 Å². The van der Waals surface area contributed by atoms with Gasteiger partial charge >= 0.3 is 0 Å². The zero-order valence-corrected chi connectivity index (χ0v) is 18.2. The van der Waals surface area contributed by atoms with Crippen LogP contribution in [0.3, 0.4) is 0 Å². The van der Waals surface area contributed by atoms with Crippen molar-refractivity contribution >= 4 is 38.5 Å². The maximum Gasteiger partial charge on any atom is 0.257 e. The largest absolute Gasteiger partial charge is 0.386 e. The zero-order chi connectivity index (χ0) is 21.3. The molecule has 3 aromatic rings. The predicted molar refractivity (Wildman–Crippen MR) is 119 cm³/mol. The molecule has 158 valence electrons. The summed E-state index contributed by atoms with van der Waals surface area (Å²) in [6.07, 6.45) is 2.23. The van der Waals surface area contributed by atoms with Crippen LogP contribution in [0.1, 0.15) is 42.6 Å². The molecule has 8 heteroatoms. The van der Waals surface area contributed by atoms with Crippen molar-refractivity contribution in [1.82, 2.24) is 9.97 Å². The topological polar surface area (TPSA) is 87.6 Å². The van der Waals surface area contributed by atoms with Crippen LogP contribution < -0.4 is 10.2 Å². The number of hydrogen-bond acceptors (Lipinski definition) is 7. The number of pyridine rings is 1. The molecule has 1 aromatic carbocycles. The minimum absolute atomic E-state index is 0.240. The molecule has 1 aliphatic rings. The molecule has 2 aromatic heterocycles. The van der Waals surface area contributed by atoms with Crippen molar-refractivity contribution < 1.29 is 14.6 Å². The second kappa shape index (κ2) is 8.29. The summed E-state index contributed by atoms with van der Waals surface area (Å²) in [5.74, 6) is 0.682. The van der Waals surface area contributed by atoms with E-state index in [1.165, 1.54) is 11.3 Å². The third-order valence-corrected chi connectivity index (χ3v) is 6.23. The number of anilines is 2. The van der Waals surface area contributed by atoms with Gasteiger partial charge in [-0.2, -0.15) is 0 Å². The van der Waals surface area contributed by atoms with Gasteiger partial charge in [0.05, 0.1) is 18.2 Å². The Balaban J connectivity index is 1.50. The van der Waals surface area contributed by atoms with Crippen LogP contribution in [0.4, 0.5) is 10.9 Å². The fourth-order valence-corrected chi connectivity index (χ4v) is 4.55. The molecule has 0 aliphatic carbocycles. The monoisotopic (exact) mass is 426 g/mol. The van der Waals surface area contributed by atoms with Crippen molar-refractivity contribution in [3.8, 4) is 0 Å². The Hall–Kier alpha value is -2.55. The van der Waals surface area contributed by atoms with Gasteiger partial charge in [-0.3, -0.25) is 10.1 Å². The summed E-state index contributed by atoms with van der Waals surface area (Å²) in [6.45, 7) is 5.08. The third kappa shape index (κ3) is 4.30.